The van der Waals surface area contributed by atoms with E-state index >= 15 is 0 Å². The number of nitro benzene ring substituents is 1. The van der Waals surface area contributed by atoms with Crippen LogP contribution in [0, 0.1) is 16.0 Å². The lowest BCUT2D eigenvalue weighted by molar-refractivity contribution is -0.384. The fraction of sp³-hybridized carbons (Fsp3) is 0.355. The van der Waals surface area contributed by atoms with Crippen molar-refractivity contribution in [3.63, 3.8) is 0 Å². The van der Waals surface area contributed by atoms with Gasteiger partial charge in [0, 0.05) is 40.9 Å². The summed E-state index contributed by atoms with van der Waals surface area (Å²) in [6, 6.07) is 19.6. The number of anilines is 1. The Morgan fingerprint density at radius 1 is 1.10 bits per heavy atom. The van der Waals surface area contributed by atoms with Crippen molar-refractivity contribution in [3.05, 3.63) is 99.1 Å². The summed E-state index contributed by atoms with van der Waals surface area (Å²) in [5.74, 6) is -0.628. The molecule has 3 aliphatic heterocycles. The zero-order valence-corrected chi connectivity index (χ0v) is 22.1. The van der Waals surface area contributed by atoms with Crippen LogP contribution in [0.25, 0.3) is 0 Å². The summed E-state index contributed by atoms with van der Waals surface area (Å²) in [4.78, 5) is 42.0. The van der Waals surface area contributed by atoms with Gasteiger partial charge in [0.15, 0.2) is 5.78 Å². The van der Waals surface area contributed by atoms with Crippen LogP contribution in [0.3, 0.4) is 0 Å². The van der Waals surface area contributed by atoms with Crippen LogP contribution in [0.1, 0.15) is 59.7 Å². The molecule has 0 aliphatic carbocycles. The van der Waals surface area contributed by atoms with Gasteiger partial charge in [-0.2, -0.15) is 0 Å². The predicted molar refractivity (Wildman–Crippen MR) is 147 cm³/mol. The minimum Gasteiger partial charge on any atom is -0.494 e. The Labute approximate surface area is 227 Å². The Balaban J connectivity index is 1.56. The number of non-ortho nitro benzene ring substituents is 1. The number of nitrogens with one attached hydrogen (secondary N) is 1. The molecule has 3 unspecified atom stereocenters. The van der Waals surface area contributed by atoms with E-state index < -0.39 is 16.4 Å². The molecule has 200 valence electrons. The van der Waals surface area contributed by atoms with E-state index in [1.165, 1.54) is 12.1 Å². The molecule has 39 heavy (non-hydrogen) atoms. The lowest BCUT2D eigenvalue weighted by Gasteiger charge is -2.37. The number of carbonyl (C=O) groups is 2. The number of ether oxygens (including phenoxy) is 1. The number of fused-ring (bicyclic) bond motifs is 4. The van der Waals surface area contributed by atoms with Gasteiger partial charge in [-0.25, -0.2) is 0 Å². The van der Waals surface area contributed by atoms with Crippen molar-refractivity contribution in [3.8, 4) is 5.75 Å². The molecule has 0 bridgehead atoms. The van der Waals surface area contributed by atoms with Gasteiger partial charge in [0.05, 0.1) is 17.4 Å². The van der Waals surface area contributed by atoms with Crippen LogP contribution in [0.4, 0.5) is 11.4 Å². The Bertz CT molecular complexity index is 1450. The van der Waals surface area contributed by atoms with Gasteiger partial charge in [0.1, 0.15) is 11.3 Å². The van der Waals surface area contributed by atoms with Crippen molar-refractivity contribution in [1.82, 2.24) is 4.90 Å². The molecule has 2 saturated heterocycles. The zero-order valence-electron chi connectivity index (χ0n) is 22.1. The highest BCUT2D eigenvalue weighted by molar-refractivity contribution is 6.12. The number of nitrogens with zero attached hydrogens (tertiary/aromatic N) is 2. The summed E-state index contributed by atoms with van der Waals surface area (Å²) in [6.07, 6.45) is 2.56. The third kappa shape index (κ3) is 3.77. The number of hydrogen-bond acceptors (Lipinski definition) is 6. The van der Waals surface area contributed by atoms with E-state index in [1.807, 2.05) is 19.1 Å². The summed E-state index contributed by atoms with van der Waals surface area (Å²) in [5.41, 5.74) is 2.90. The Kier molecular flexibility index (Phi) is 6.22. The SMILES string of the molecule is CCOc1ccc(C(=O)C2C(c3ccc([N+](=O)[O-])cc3)C3CCCN3[C@@]23C(=O)Nc2ccc(CC)cc23)cc1. The van der Waals surface area contributed by atoms with Crippen molar-refractivity contribution in [2.45, 2.75) is 50.6 Å². The van der Waals surface area contributed by atoms with Crippen molar-refractivity contribution in [1.29, 1.82) is 0 Å². The lowest BCUT2D eigenvalue weighted by Crippen LogP contribution is -2.52. The lowest BCUT2D eigenvalue weighted by atomic mass is 9.68. The number of ketones is 1. The maximum absolute atomic E-state index is 14.6. The third-order valence-corrected chi connectivity index (χ3v) is 8.69. The van der Waals surface area contributed by atoms with E-state index in [0.29, 0.717) is 24.5 Å². The summed E-state index contributed by atoms with van der Waals surface area (Å²) in [6.45, 7) is 5.21. The van der Waals surface area contributed by atoms with Crippen LogP contribution >= 0.6 is 0 Å². The van der Waals surface area contributed by atoms with Gasteiger partial charge < -0.3 is 10.1 Å². The van der Waals surface area contributed by atoms with Gasteiger partial charge in [-0.3, -0.25) is 24.6 Å². The molecule has 4 atom stereocenters. The first-order valence-electron chi connectivity index (χ1n) is 13.6. The maximum Gasteiger partial charge on any atom is 0.269 e. The minimum absolute atomic E-state index is 0.000621. The Hall–Kier alpha value is -4.04. The number of aryl methyl sites for hydroxylation is 1. The molecule has 3 heterocycles. The molecule has 0 radical (unpaired) electrons. The fourth-order valence-corrected chi connectivity index (χ4v) is 7.08. The molecule has 3 aromatic rings. The molecular weight excluding hydrogens is 494 g/mol. The number of benzene rings is 3. The summed E-state index contributed by atoms with van der Waals surface area (Å²) < 4.78 is 5.59. The normalized spacial score (nSPS) is 25.4. The molecule has 1 N–H and O–H groups in total. The monoisotopic (exact) mass is 525 g/mol. The van der Waals surface area contributed by atoms with Crippen LogP contribution in [0.2, 0.25) is 0 Å². The topological polar surface area (TPSA) is 102 Å². The Morgan fingerprint density at radius 2 is 1.85 bits per heavy atom. The van der Waals surface area contributed by atoms with Crippen LogP contribution in [-0.4, -0.2) is 40.7 Å². The number of carbonyl (C=O) groups excluding carboxylic acids is 2. The summed E-state index contributed by atoms with van der Waals surface area (Å²) in [5, 5.41) is 14.5. The first-order valence-corrected chi connectivity index (χ1v) is 13.6. The maximum atomic E-state index is 14.6. The molecular formula is C31H31N3O5. The van der Waals surface area contributed by atoms with Crippen LogP contribution in [-0.2, 0) is 16.8 Å². The van der Waals surface area contributed by atoms with Crippen LogP contribution < -0.4 is 10.1 Å². The molecule has 8 heteroatoms. The van der Waals surface area contributed by atoms with Gasteiger partial charge in [-0.15, -0.1) is 0 Å². The van der Waals surface area contributed by atoms with Crippen LogP contribution in [0.15, 0.2) is 66.7 Å². The quantitative estimate of drug-likeness (QED) is 0.250. The first kappa shape index (κ1) is 25.2. The molecule has 3 aromatic carbocycles. The van der Waals surface area contributed by atoms with Crippen molar-refractivity contribution in [2.24, 2.45) is 5.92 Å². The second-order valence-electron chi connectivity index (χ2n) is 10.5. The van der Waals surface area contributed by atoms with E-state index in [1.54, 1.807) is 36.4 Å². The average Bonchev–Trinajstić information content (AvgIpc) is 3.61. The number of nitro groups is 1. The second-order valence-corrected chi connectivity index (χ2v) is 10.5. The average molecular weight is 526 g/mol. The van der Waals surface area contributed by atoms with Gasteiger partial charge in [0.2, 0.25) is 5.91 Å². The number of Topliss-reactive ketones (excluding diaryl/α,β-unsaturated/α-hetero) is 1. The van der Waals surface area contributed by atoms with E-state index in [2.05, 4.69) is 23.2 Å². The molecule has 8 nitrogen and oxygen atoms in total. The molecule has 2 fully saturated rings. The molecule has 1 amide bonds. The number of hydrogen-bond donors (Lipinski definition) is 1. The zero-order chi connectivity index (χ0) is 27.3. The van der Waals surface area contributed by atoms with Crippen molar-refractivity contribution < 1.29 is 19.2 Å². The smallest absolute Gasteiger partial charge is 0.269 e. The highest BCUT2D eigenvalue weighted by Crippen LogP contribution is 2.61. The summed E-state index contributed by atoms with van der Waals surface area (Å²) >= 11 is 0. The number of amides is 1. The van der Waals surface area contributed by atoms with E-state index in [4.69, 9.17) is 4.74 Å². The molecule has 1 spiro atoms. The van der Waals surface area contributed by atoms with E-state index in [0.717, 1.165) is 41.6 Å². The van der Waals surface area contributed by atoms with Crippen molar-refractivity contribution in [2.75, 3.05) is 18.5 Å². The van der Waals surface area contributed by atoms with Gasteiger partial charge >= 0.3 is 0 Å². The second kappa shape index (κ2) is 9.61. The summed E-state index contributed by atoms with van der Waals surface area (Å²) in [7, 11) is 0. The van der Waals surface area contributed by atoms with Gasteiger partial charge in [-0.1, -0.05) is 31.2 Å². The standard InChI is InChI=1S/C31H31N3O5/c1-3-19-7-16-25-24(18-19)31(30(36)32-25)28(29(35)21-10-14-23(15-11-21)39-4-2)27(26-6-5-17-33(26)31)20-8-12-22(13-9-20)34(37)38/h7-16,18,26-28H,3-6,17H2,1-2H3,(H,32,36)/t26?,27?,28?,31-/m1/s1. The Morgan fingerprint density at radius 3 is 2.51 bits per heavy atom. The third-order valence-electron chi connectivity index (χ3n) is 8.69. The number of rotatable bonds is 7. The fourth-order valence-electron chi connectivity index (χ4n) is 7.08. The largest absolute Gasteiger partial charge is 0.494 e. The minimum atomic E-state index is -1.16. The molecule has 0 saturated carbocycles. The first-order chi connectivity index (χ1) is 18.9. The van der Waals surface area contributed by atoms with Crippen molar-refractivity contribution >= 4 is 23.1 Å². The molecule has 3 aliphatic rings. The van der Waals surface area contributed by atoms with Gasteiger partial charge in [-0.05, 0) is 74.2 Å². The highest BCUT2D eigenvalue weighted by Gasteiger charge is 2.69. The van der Waals surface area contributed by atoms with E-state index in [-0.39, 0.29) is 29.3 Å². The molecule has 6 rings (SSSR count). The van der Waals surface area contributed by atoms with E-state index in [9.17, 15) is 19.7 Å². The van der Waals surface area contributed by atoms with Gasteiger partial charge in [0.25, 0.3) is 5.69 Å². The highest BCUT2D eigenvalue weighted by atomic mass is 16.6. The molecule has 0 aromatic heterocycles. The predicted octanol–water partition coefficient (Wildman–Crippen LogP) is 5.46. The van der Waals surface area contributed by atoms with Crippen LogP contribution in [0.5, 0.6) is 5.75 Å².